The third-order valence-electron chi connectivity index (χ3n) is 4.18. The molecule has 5 nitrogen and oxygen atoms in total. The van der Waals surface area contributed by atoms with E-state index in [4.69, 9.17) is 14.2 Å². The third kappa shape index (κ3) is 5.62. The van der Waals surface area contributed by atoms with Crippen LogP contribution in [0.15, 0.2) is 78.9 Å². The van der Waals surface area contributed by atoms with Gasteiger partial charge in [0.2, 0.25) is 11.7 Å². The van der Waals surface area contributed by atoms with Crippen LogP contribution in [0.5, 0.6) is 17.2 Å². The van der Waals surface area contributed by atoms with Gasteiger partial charge >= 0.3 is 0 Å². The van der Waals surface area contributed by atoms with Gasteiger partial charge in [0.25, 0.3) is 0 Å². The van der Waals surface area contributed by atoms with Gasteiger partial charge in [-0.3, -0.25) is 4.79 Å². The summed E-state index contributed by atoms with van der Waals surface area (Å²) in [5.74, 6) is 1.36. The van der Waals surface area contributed by atoms with Gasteiger partial charge in [0, 0.05) is 11.8 Å². The Hall–Kier alpha value is -3.73. The van der Waals surface area contributed by atoms with Crippen LogP contribution in [0.2, 0.25) is 0 Å². The van der Waals surface area contributed by atoms with Crippen molar-refractivity contribution in [2.45, 2.75) is 6.61 Å². The molecular formula is C24H23NO4. The highest BCUT2D eigenvalue weighted by molar-refractivity contribution is 6.02. The average Bonchev–Trinajstić information content (AvgIpc) is 2.77. The van der Waals surface area contributed by atoms with Crippen molar-refractivity contribution < 1.29 is 19.0 Å². The van der Waals surface area contributed by atoms with E-state index >= 15 is 0 Å². The summed E-state index contributed by atoms with van der Waals surface area (Å²) in [6.45, 7) is 0.391. The molecule has 0 saturated carbocycles. The van der Waals surface area contributed by atoms with Crippen molar-refractivity contribution in [2.75, 3.05) is 19.5 Å². The lowest BCUT2D eigenvalue weighted by Gasteiger charge is -2.15. The Morgan fingerprint density at radius 1 is 0.897 bits per heavy atom. The minimum atomic E-state index is -0.224. The van der Waals surface area contributed by atoms with Gasteiger partial charge in [0.15, 0.2) is 11.5 Å². The first-order valence-corrected chi connectivity index (χ1v) is 9.16. The summed E-state index contributed by atoms with van der Waals surface area (Å²) in [6, 6.07) is 22.7. The number of amides is 1. The molecule has 0 fully saturated rings. The molecule has 0 atom stereocenters. The lowest BCUT2D eigenvalue weighted by atomic mass is 10.1. The van der Waals surface area contributed by atoms with Gasteiger partial charge in [-0.15, -0.1) is 0 Å². The van der Waals surface area contributed by atoms with Crippen LogP contribution in [0, 0.1) is 0 Å². The quantitative estimate of drug-likeness (QED) is 0.555. The molecule has 0 aromatic heterocycles. The highest BCUT2D eigenvalue weighted by Crippen LogP contribution is 2.39. The van der Waals surface area contributed by atoms with Crippen molar-refractivity contribution in [3.05, 3.63) is 90.0 Å². The molecule has 0 spiro atoms. The van der Waals surface area contributed by atoms with E-state index in [1.807, 2.05) is 60.7 Å². The van der Waals surface area contributed by atoms with E-state index in [9.17, 15) is 4.79 Å². The lowest BCUT2D eigenvalue weighted by Crippen LogP contribution is -2.07. The van der Waals surface area contributed by atoms with Crippen molar-refractivity contribution >= 4 is 17.7 Å². The van der Waals surface area contributed by atoms with Crippen LogP contribution in [0.4, 0.5) is 5.69 Å². The molecule has 0 aliphatic heterocycles. The summed E-state index contributed by atoms with van der Waals surface area (Å²) in [5, 5.41) is 2.81. The lowest BCUT2D eigenvalue weighted by molar-refractivity contribution is -0.111. The summed E-state index contributed by atoms with van der Waals surface area (Å²) in [6.07, 6.45) is 3.16. The van der Waals surface area contributed by atoms with Crippen LogP contribution in [-0.2, 0) is 11.4 Å². The molecule has 0 heterocycles. The Labute approximate surface area is 170 Å². The van der Waals surface area contributed by atoms with Gasteiger partial charge in [0.05, 0.1) is 14.2 Å². The molecule has 0 bridgehead atoms. The van der Waals surface area contributed by atoms with Crippen molar-refractivity contribution in [3.63, 3.8) is 0 Å². The van der Waals surface area contributed by atoms with E-state index < -0.39 is 0 Å². The molecule has 3 aromatic carbocycles. The van der Waals surface area contributed by atoms with Crippen molar-refractivity contribution in [3.8, 4) is 17.2 Å². The summed E-state index contributed by atoms with van der Waals surface area (Å²) in [4.78, 5) is 12.1. The maximum Gasteiger partial charge on any atom is 0.248 e. The summed E-state index contributed by atoms with van der Waals surface area (Å²) < 4.78 is 16.9. The minimum absolute atomic E-state index is 0.224. The molecule has 0 saturated heterocycles. The SMILES string of the molecule is COc1cc(/C=C/C(=O)Nc2ccccc2)cc(OC)c1OCc1ccccc1. The first kappa shape index (κ1) is 20.0. The van der Waals surface area contributed by atoms with Crippen LogP contribution < -0.4 is 19.5 Å². The number of para-hydroxylation sites is 1. The molecule has 29 heavy (non-hydrogen) atoms. The van der Waals surface area contributed by atoms with E-state index in [-0.39, 0.29) is 5.91 Å². The van der Waals surface area contributed by atoms with E-state index in [2.05, 4.69) is 5.32 Å². The highest BCUT2D eigenvalue weighted by atomic mass is 16.5. The molecule has 0 aliphatic rings. The van der Waals surface area contributed by atoms with Gasteiger partial charge in [-0.2, -0.15) is 0 Å². The Balaban J connectivity index is 1.75. The van der Waals surface area contributed by atoms with E-state index in [1.165, 1.54) is 6.08 Å². The predicted octanol–water partition coefficient (Wildman–Crippen LogP) is 4.93. The molecule has 1 amide bonds. The van der Waals surface area contributed by atoms with Gasteiger partial charge in [-0.25, -0.2) is 0 Å². The van der Waals surface area contributed by atoms with Gasteiger partial charge < -0.3 is 19.5 Å². The topological polar surface area (TPSA) is 56.8 Å². The summed E-state index contributed by atoms with van der Waals surface area (Å²) in [7, 11) is 3.14. The zero-order valence-electron chi connectivity index (χ0n) is 16.4. The molecule has 3 aromatic rings. The van der Waals surface area contributed by atoms with E-state index in [1.54, 1.807) is 32.4 Å². The molecular weight excluding hydrogens is 366 g/mol. The molecule has 0 aliphatic carbocycles. The third-order valence-corrected chi connectivity index (χ3v) is 4.18. The number of anilines is 1. The average molecular weight is 389 g/mol. The maximum atomic E-state index is 12.1. The largest absolute Gasteiger partial charge is 0.493 e. The first-order valence-electron chi connectivity index (χ1n) is 9.16. The van der Waals surface area contributed by atoms with Crippen LogP contribution in [0.3, 0.4) is 0 Å². The number of carbonyl (C=O) groups excluding carboxylic acids is 1. The second-order valence-corrected chi connectivity index (χ2v) is 6.22. The van der Waals surface area contributed by atoms with Crippen LogP contribution in [-0.4, -0.2) is 20.1 Å². The Morgan fingerprint density at radius 2 is 1.48 bits per heavy atom. The first-order chi connectivity index (χ1) is 14.2. The van der Waals surface area contributed by atoms with Crippen molar-refractivity contribution in [1.29, 1.82) is 0 Å². The van der Waals surface area contributed by atoms with E-state index in [0.29, 0.717) is 23.9 Å². The van der Waals surface area contributed by atoms with Gasteiger partial charge in [-0.1, -0.05) is 48.5 Å². The second-order valence-electron chi connectivity index (χ2n) is 6.22. The van der Waals surface area contributed by atoms with E-state index in [0.717, 1.165) is 16.8 Å². The smallest absolute Gasteiger partial charge is 0.248 e. The Bertz CT molecular complexity index is 944. The number of rotatable bonds is 8. The number of methoxy groups -OCH3 is 2. The molecule has 0 unspecified atom stereocenters. The maximum absolute atomic E-state index is 12.1. The highest BCUT2D eigenvalue weighted by Gasteiger charge is 2.14. The zero-order valence-corrected chi connectivity index (χ0v) is 16.4. The number of ether oxygens (including phenoxy) is 3. The number of benzene rings is 3. The van der Waals surface area contributed by atoms with Crippen LogP contribution in [0.1, 0.15) is 11.1 Å². The van der Waals surface area contributed by atoms with Crippen molar-refractivity contribution in [1.82, 2.24) is 0 Å². The number of nitrogens with one attached hydrogen (secondary N) is 1. The second kappa shape index (κ2) is 9.99. The Kier molecular flexibility index (Phi) is 6.90. The molecule has 1 N–H and O–H groups in total. The summed E-state index contributed by atoms with van der Waals surface area (Å²) >= 11 is 0. The molecule has 0 radical (unpaired) electrons. The minimum Gasteiger partial charge on any atom is -0.493 e. The van der Waals surface area contributed by atoms with Gasteiger partial charge in [-0.05, 0) is 41.5 Å². The van der Waals surface area contributed by atoms with Crippen LogP contribution >= 0.6 is 0 Å². The Morgan fingerprint density at radius 3 is 2.07 bits per heavy atom. The fraction of sp³-hybridized carbons (Fsp3) is 0.125. The molecule has 3 rings (SSSR count). The fourth-order valence-corrected chi connectivity index (χ4v) is 2.75. The molecule has 148 valence electrons. The fourth-order valence-electron chi connectivity index (χ4n) is 2.75. The monoisotopic (exact) mass is 389 g/mol. The molecule has 5 heteroatoms. The normalized spacial score (nSPS) is 10.6. The standard InChI is InChI=1S/C24H23NO4/c1-27-21-15-19(13-14-23(26)25-20-11-7-4-8-12-20)16-22(28-2)24(21)29-17-18-9-5-3-6-10-18/h3-16H,17H2,1-2H3,(H,25,26)/b14-13+. The van der Waals surface area contributed by atoms with Crippen LogP contribution in [0.25, 0.3) is 6.08 Å². The zero-order chi connectivity index (χ0) is 20.5. The van der Waals surface area contributed by atoms with Crippen molar-refractivity contribution in [2.24, 2.45) is 0 Å². The van der Waals surface area contributed by atoms with Gasteiger partial charge in [0.1, 0.15) is 6.61 Å². The number of hydrogen-bond donors (Lipinski definition) is 1. The predicted molar refractivity (Wildman–Crippen MR) is 114 cm³/mol. The number of carbonyl (C=O) groups is 1. The summed E-state index contributed by atoms with van der Waals surface area (Å²) in [5.41, 5.74) is 2.54. The number of hydrogen-bond acceptors (Lipinski definition) is 4.